The minimum absolute atomic E-state index is 0.110. The van der Waals surface area contributed by atoms with Crippen LogP contribution in [0.2, 0.25) is 0 Å². The molecule has 0 saturated carbocycles. The Bertz CT molecular complexity index is 471. The molecule has 4 nitrogen and oxygen atoms in total. The fraction of sp³-hybridized carbons (Fsp3) is 0.333. The normalized spacial score (nSPS) is 12.7. The Morgan fingerprint density at radius 2 is 0.722 bits per heavy atom. The van der Waals surface area contributed by atoms with E-state index in [1.54, 1.807) is 19.2 Å². The molecule has 98 valence electrons. The van der Waals surface area contributed by atoms with Crippen molar-refractivity contribution in [3.63, 3.8) is 0 Å². The number of ketones is 4. The van der Waals surface area contributed by atoms with Crippen LogP contribution in [0.3, 0.4) is 0 Å². The molecule has 0 aromatic heterocycles. The van der Waals surface area contributed by atoms with E-state index in [0.29, 0.717) is 0 Å². The molecule has 0 rings (SSSR count). The number of Topliss-reactive ketones (excluding diaryl/α,β-unsaturated/α-hetero) is 4. The molecule has 0 aliphatic rings. The summed E-state index contributed by atoms with van der Waals surface area (Å²) in [6.45, 7) is 5.68. The van der Waals surface area contributed by atoms with Gasteiger partial charge >= 0.3 is 113 Å². The standard InChI is InChI=1S/C12H16As2O4/c1-9(15)5-13(6-10(2)16)14(7-11(3)17)8-12(4)18/h5-8H,1-4H3. The van der Waals surface area contributed by atoms with Crippen molar-refractivity contribution in [3.05, 3.63) is 0 Å². The molecule has 0 amide bonds. The van der Waals surface area contributed by atoms with Gasteiger partial charge in [-0.1, -0.05) is 0 Å². The van der Waals surface area contributed by atoms with E-state index in [1.165, 1.54) is 27.7 Å². The molecule has 0 heterocycles. The molecule has 0 fully saturated rings. The molecule has 0 aliphatic carbocycles. The average Bonchev–Trinajstić information content (AvgIpc) is 2.12. The van der Waals surface area contributed by atoms with Crippen molar-refractivity contribution >= 4 is 65.8 Å². The molecule has 0 aromatic carbocycles. The maximum atomic E-state index is 11.2. The van der Waals surface area contributed by atoms with Crippen LogP contribution in [0.4, 0.5) is 0 Å². The van der Waals surface area contributed by atoms with Gasteiger partial charge in [0.1, 0.15) is 0 Å². The van der Waals surface area contributed by atoms with Crippen LogP contribution in [0, 0.1) is 0 Å². The first kappa shape index (κ1) is 17.3. The van der Waals surface area contributed by atoms with Crippen molar-refractivity contribution in [1.29, 1.82) is 0 Å². The van der Waals surface area contributed by atoms with Gasteiger partial charge in [-0.2, -0.15) is 0 Å². The molecule has 6 heteroatoms. The Balaban J connectivity index is 6.16. The summed E-state index contributed by atoms with van der Waals surface area (Å²) in [5, 5.41) is 0. The zero-order valence-electron chi connectivity index (χ0n) is 10.8. The summed E-state index contributed by atoms with van der Waals surface area (Å²) in [7, 11) is 0. The molecule has 0 aromatic rings. The van der Waals surface area contributed by atoms with E-state index in [1.807, 2.05) is 0 Å². The van der Waals surface area contributed by atoms with E-state index in [0.717, 1.165) is 0 Å². The van der Waals surface area contributed by atoms with E-state index in [4.69, 9.17) is 0 Å². The Morgan fingerprint density at radius 3 is 0.833 bits per heavy atom. The van der Waals surface area contributed by atoms with E-state index in [2.05, 4.69) is 0 Å². The molecule has 0 aliphatic heterocycles. The van der Waals surface area contributed by atoms with Gasteiger partial charge < -0.3 is 0 Å². The van der Waals surface area contributed by atoms with Crippen LogP contribution in [0.1, 0.15) is 27.7 Å². The van der Waals surface area contributed by atoms with Gasteiger partial charge in [0.05, 0.1) is 0 Å². The maximum absolute atomic E-state index is 11.2. The zero-order valence-corrected chi connectivity index (χ0v) is 14.6. The van der Waals surface area contributed by atoms with Gasteiger partial charge in [0.15, 0.2) is 0 Å². The molecular weight excluding hydrogens is 358 g/mol. The molecule has 2 atom stereocenters. The first-order chi connectivity index (χ1) is 8.22. The van der Waals surface area contributed by atoms with E-state index in [-0.39, 0.29) is 23.1 Å². The Labute approximate surface area is 112 Å². The summed E-state index contributed by atoms with van der Waals surface area (Å²) in [4.78, 5) is 50.9. The SMILES string of the molecule is CC(=O)/C=[As](=C/C(C)=O)\[As](=C/C(C)=O)=C\C(C)=O. The van der Waals surface area contributed by atoms with Crippen molar-refractivity contribution in [3.8, 4) is 0 Å². The van der Waals surface area contributed by atoms with Crippen LogP contribution in [-0.4, -0.2) is 65.8 Å². The Hall–Kier alpha value is -0.723. The quantitative estimate of drug-likeness (QED) is 0.576. The third-order valence-electron chi connectivity index (χ3n) is 1.52. The van der Waals surface area contributed by atoms with Gasteiger partial charge in [-0.25, -0.2) is 0 Å². The molecule has 0 saturated heterocycles. The molecule has 0 radical (unpaired) electrons. The van der Waals surface area contributed by atoms with Crippen molar-refractivity contribution in [2.24, 2.45) is 0 Å². The number of rotatable bonds is 5. The molecule has 0 bridgehead atoms. The fourth-order valence-electron chi connectivity index (χ4n) is 1.09. The fourth-order valence-corrected chi connectivity index (χ4v) is 18.5. The van der Waals surface area contributed by atoms with Crippen LogP contribution in [0.25, 0.3) is 0 Å². The number of carbonyl (C=O) groups excluding carboxylic acids is 4. The average molecular weight is 374 g/mol. The van der Waals surface area contributed by atoms with Crippen molar-refractivity contribution in [2.75, 3.05) is 0 Å². The molecule has 2 unspecified atom stereocenters. The van der Waals surface area contributed by atoms with Gasteiger partial charge in [0.25, 0.3) is 0 Å². The molecule has 0 N–H and O–H groups in total. The molecular formula is C12H16As2O4. The second-order valence-corrected chi connectivity index (χ2v) is 19.1. The van der Waals surface area contributed by atoms with Crippen LogP contribution in [0.15, 0.2) is 0 Å². The topological polar surface area (TPSA) is 68.3 Å². The van der Waals surface area contributed by atoms with Crippen LogP contribution < -0.4 is 0 Å². The van der Waals surface area contributed by atoms with Crippen molar-refractivity contribution < 1.29 is 19.2 Å². The van der Waals surface area contributed by atoms with Gasteiger partial charge in [0.2, 0.25) is 0 Å². The van der Waals surface area contributed by atoms with Crippen molar-refractivity contribution in [1.82, 2.24) is 0 Å². The third-order valence-corrected chi connectivity index (χ3v) is 18.8. The number of hydrogen-bond donors (Lipinski definition) is 0. The van der Waals surface area contributed by atoms with E-state index >= 15 is 0 Å². The third kappa shape index (κ3) is 8.38. The molecule has 18 heavy (non-hydrogen) atoms. The van der Waals surface area contributed by atoms with Crippen molar-refractivity contribution in [2.45, 2.75) is 27.7 Å². The first-order valence-corrected chi connectivity index (χ1v) is 14.7. The number of carbonyl (C=O) groups is 4. The van der Waals surface area contributed by atoms with Gasteiger partial charge in [-0.05, 0) is 0 Å². The van der Waals surface area contributed by atoms with Gasteiger partial charge in [-0.3, -0.25) is 0 Å². The Morgan fingerprint density at radius 1 is 0.556 bits per heavy atom. The summed E-state index contributed by atoms with van der Waals surface area (Å²) in [5.74, 6) is -0.442. The van der Waals surface area contributed by atoms with E-state index in [9.17, 15) is 19.2 Å². The summed E-state index contributed by atoms with van der Waals surface area (Å²) in [6.07, 6.45) is 0. The summed E-state index contributed by atoms with van der Waals surface area (Å²) in [6, 6.07) is 0. The number of hydrogen-bond acceptors (Lipinski definition) is 4. The predicted octanol–water partition coefficient (Wildman–Crippen LogP) is -1.05. The zero-order chi connectivity index (χ0) is 14.3. The molecule has 0 spiro atoms. The van der Waals surface area contributed by atoms with Crippen LogP contribution in [-0.2, 0) is 19.2 Å². The van der Waals surface area contributed by atoms with Crippen LogP contribution in [0.5, 0.6) is 0 Å². The summed E-state index contributed by atoms with van der Waals surface area (Å²) >= 11 is -4.02. The first-order valence-electron chi connectivity index (χ1n) is 5.20. The van der Waals surface area contributed by atoms with E-state index < -0.39 is 23.4 Å². The second kappa shape index (κ2) is 8.39. The second-order valence-electron chi connectivity index (χ2n) is 3.72. The predicted molar refractivity (Wildman–Crippen MR) is 78.5 cm³/mol. The Kier molecular flexibility index (Phi) is 8.05. The summed E-state index contributed by atoms with van der Waals surface area (Å²) in [5.41, 5.74) is 0. The van der Waals surface area contributed by atoms with Gasteiger partial charge in [-0.15, -0.1) is 0 Å². The summed E-state index contributed by atoms with van der Waals surface area (Å²) < 4.78 is 0. The monoisotopic (exact) mass is 374 g/mol. The van der Waals surface area contributed by atoms with Gasteiger partial charge in [0, 0.05) is 0 Å². The minimum atomic E-state index is -2.01. The van der Waals surface area contributed by atoms with Crippen LogP contribution >= 0.6 is 0 Å².